The van der Waals surface area contributed by atoms with Gasteiger partial charge in [-0.25, -0.2) is 0 Å². The van der Waals surface area contributed by atoms with Gasteiger partial charge in [-0.2, -0.15) is 0 Å². The van der Waals surface area contributed by atoms with E-state index >= 15 is 0 Å². The van der Waals surface area contributed by atoms with Gasteiger partial charge in [0.2, 0.25) is 0 Å². The van der Waals surface area contributed by atoms with Crippen molar-refractivity contribution in [3.8, 4) is 0 Å². The third kappa shape index (κ3) is 4.40. The smallest absolute Gasteiger partial charge is 0.252 e. The summed E-state index contributed by atoms with van der Waals surface area (Å²) in [6, 6.07) is 5.56. The molecule has 0 saturated carbocycles. The van der Waals surface area contributed by atoms with Crippen LogP contribution in [0.3, 0.4) is 0 Å². The average molecular weight is 313 g/mol. The molecular weight excluding hydrogens is 292 g/mol. The zero-order valence-electron chi connectivity index (χ0n) is 11.8. The molecule has 0 atom stereocenters. The molecule has 20 heavy (non-hydrogen) atoms. The van der Waals surface area contributed by atoms with Gasteiger partial charge < -0.3 is 10.2 Å². The first-order chi connectivity index (χ1) is 9.70. The third-order valence-electron chi connectivity index (χ3n) is 3.55. The fraction of sp³-hybridized carbons (Fsp3) is 0.533. The van der Waals surface area contributed by atoms with Crippen LogP contribution in [0, 0.1) is 0 Å². The number of nitrogens with one attached hydrogen (secondary N) is 1. The molecule has 0 radical (unpaired) electrons. The second-order valence-electron chi connectivity index (χ2n) is 5.00. The Morgan fingerprint density at radius 2 is 2.15 bits per heavy atom. The lowest BCUT2D eigenvalue weighted by Crippen LogP contribution is -2.28. The lowest BCUT2D eigenvalue weighted by Gasteiger charge is -2.14. The molecule has 0 bridgehead atoms. The van der Waals surface area contributed by atoms with Gasteiger partial charge in [0, 0.05) is 11.4 Å². The number of nitrogens with zero attached hydrogens (tertiary/aromatic N) is 1. The molecule has 1 N–H and O–H groups in total. The minimum atomic E-state index is -0.0766. The fourth-order valence-electron chi connectivity index (χ4n) is 2.41. The number of carbonyl (C=O) groups excluding carboxylic acids is 1. The van der Waals surface area contributed by atoms with Crippen molar-refractivity contribution in [2.24, 2.45) is 0 Å². The Labute approximate surface area is 130 Å². The molecule has 3 nitrogen and oxygen atoms in total. The monoisotopic (exact) mass is 312 g/mol. The number of amides is 1. The van der Waals surface area contributed by atoms with Gasteiger partial charge in [-0.1, -0.05) is 11.6 Å². The van der Waals surface area contributed by atoms with Crippen molar-refractivity contribution < 1.29 is 4.79 Å². The minimum Gasteiger partial charge on any atom is -0.352 e. The van der Waals surface area contributed by atoms with Crippen LogP contribution in [0.15, 0.2) is 23.1 Å². The van der Waals surface area contributed by atoms with E-state index in [0.29, 0.717) is 17.1 Å². The van der Waals surface area contributed by atoms with Gasteiger partial charge in [0.15, 0.2) is 0 Å². The van der Waals surface area contributed by atoms with Crippen molar-refractivity contribution in [1.29, 1.82) is 0 Å². The van der Waals surface area contributed by atoms with E-state index in [1.54, 1.807) is 17.8 Å². The number of likely N-dealkylation sites (tertiary alicyclic amines) is 1. The number of carbonyl (C=O) groups is 1. The standard InChI is InChI=1S/C15H21ClN2OS/c1-20-12-5-6-14(16)13(11-12)15(19)17-7-4-10-18-8-2-3-9-18/h5-6,11H,2-4,7-10H2,1H3,(H,17,19). The van der Waals surface area contributed by atoms with E-state index in [0.717, 1.165) is 17.9 Å². The Morgan fingerprint density at radius 3 is 2.85 bits per heavy atom. The highest BCUT2D eigenvalue weighted by Crippen LogP contribution is 2.22. The topological polar surface area (TPSA) is 32.3 Å². The highest BCUT2D eigenvalue weighted by molar-refractivity contribution is 7.98. The second-order valence-corrected chi connectivity index (χ2v) is 6.29. The number of thioether (sulfide) groups is 1. The van der Waals surface area contributed by atoms with Crippen LogP contribution in [0.5, 0.6) is 0 Å². The molecule has 0 spiro atoms. The summed E-state index contributed by atoms with van der Waals surface area (Å²) in [5, 5.41) is 3.47. The van der Waals surface area contributed by atoms with Gasteiger partial charge in [0.1, 0.15) is 0 Å². The summed E-state index contributed by atoms with van der Waals surface area (Å²) < 4.78 is 0. The molecule has 1 aromatic rings. The maximum Gasteiger partial charge on any atom is 0.252 e. The van der Waals surface area contributed by atoms with Crippen LogP contribution in [-0.2, 0) is 0 Å². The summed E-state index contributed by atoms with van der Waals surface area (Å²) >= 11 is 7.70. The molecule has 5 heteroatoms. The van der Waals surface area contributed by atoms with E-state index < -0.39 is 0 Å². The van der Waals surface area contributed by atoms with E-state index in [4.69, 9.17) is 11.6 Å². The SMILES string of the molecule is CSc1ccc(Cl)c(C(=O)NCCCN2CCCC2)c1. The molecule has 1 aromatic carbocycles. The molecular formula is C15H21ClN2OS. The van der Waals surface area contributed by atoms with Gasteiger partial charge in [-0.05, 0) is 63.4 Å². The predicted octanol–water partition coefficient (Wildman–Crippen LogP) is 3.28. The number of hydrogen-bond acceptors (Lipinski definition) is 3. The van der Waals surface area contributed by atoms with Crippen molar-refractivity contribution in [1.82, 2.24) is 10.2 Å². The summed E-state index contributed by atoms with van der Waals surface area (Å²) in [4.78, 5) is 15.6. The Kier molecular flexibility index (Phi) is 6.20. The molecule has 0 aliphatic carbocycles. The lowest BCUT2D eigenvalue weighted by atomic mass is 10.2. The number of benzene rings is 1. The van der Waals surface area contributed by atoms with E-state index in [-0.39, 0.29) is 5.91 Å². The van der Waals surface area contributed by atoms with Gasteiger partial charge in [0.25, 0.3) is 5.91 Å². The summed E-state index contributed by atoms with van der Waals surface area (Å²) in [7, 11) is 0. The molecule has 1 aliphatic rings. The van der Waals surface area contributed by atoms with Crippen LogP contribution in [0.4, 0.5) is 0 Å². The molecule has 0 unspecified atom stereocenters. The van der Waals surface area contributed by atoms with E-state index in [2.05, 4.69) is 10.2 Å². The minimum absolute atomic E-state index is 0.0766. The Bertz CT molecular complexity index is 461. The maximum absolute atomic E-state index is 12.1. The Morgan fingerprint density at radius 1 is 1.40 bits per heavy atom. The van der Waals surface area contributed by atoms with E-state index in [1.807, 2.05) is 18.4 Å². The molecule has 1 heterocycles. The zero-order chi connectivity index (χ0) is 14.4. The van der Waals surface area contributed by atoms with Crippen LogP contribution >= 0.6 is 23.4 Å². The first-order valence-corrected chi connectivity index (χ1v) is 8.65. The summed E-state index contributed by atoms with van der Waals surface area (Å²) in [6.45, 7) is 4.18. The number of rotatable bonds is 6. The predicted molar refractivity (Wildman–Crippen MR) is 85.9 cm³/mol. The van der Waals surface area contributed by atoms with Crippen molar-refractivity contribution in [3.05, 3.63) is 28.8 Å². The summed E-state index contributed by atoms with van der Waals surface area (Å²) in [5.74, 6) is -0.0766. The normalized spacial score (nSPS) is 15.5. The summed E-state index contributed by atoms with van der Waals surface area (Å²) in [6.07, 6.45) is 5.60. The molecule has 1 aliphatic heterocycles. The van der Waals surface area contributed by atoms with Crippen LogP contribution in [-0.4, -0.2) is 43.2 Å². The first-order valence-electron chi connectivity index (χ1n) is 7.05. The fourth-order valence-corrected chi connectivity index (χ4v) is 3.05. The Hall–Kier alpha value is -0.710. The van der Waals surface area contributed by atoms with Gasteiger partial charge >= 0.3 is 0 Å². The Balaban J connectivity index is 1.79. The molecule has 0 aromatic heterocycles. The van der Waals surface area contributed by atoms with Crippen molar-refractivity contribution in [2.45, 2.75) is 24.2 Å². The van der Waals surface area contributed by atoms with Gasteiger partial charge in [0.05, 0.1) is 10.6 Å². The van der Waals surface area contributed by atoms with Crippen LogP contribution in [0.25, 0.3) is 0 Å². The first kappa shape index (κ1) is 15.7. The van der Waals surface area contributed by atoms with Crippen molar-refractivity contribution in [3.63, 3.8) is 0 Å². The van der Waals surface area contributed by atoms with E-state index in [9.17, 15) is 4.79 Å². The molecule has 2 rings (SSSR count). The van der Waals surface area contributed by atoms with Crippen molar-refractivity contribution >= 4 is 29.3 Å². The molecule has 1 amide bonds. The van der Waals surface area contributed by atoms with Crippen molar-refractivity contribution in [2.75, 3.05) is 32.4 Å². The number of hydrogen-bond donors (Lipinski definition) is 1. The molecule has 1 saturated heterocycles. The average Bonchev–Trinajstić information content (AvgIpc) is 2.97. The quantitative estimate of drug-likeness (QED) is 0.646. The summed E-state index contributed by atoms with van der Waals surface area (Å²) in [5.41, 5.74) is 0.569. The van der Waals surface area contributed by atoms with Crippen LogP contribution < -0.4 is 5.32 Å². The van der Waals surface area contributed by atoms with Gasteiger partial charge in [-0.3, -0.25) is 4.79 Å². The highest BCUT2D eigenvalue weighted by Gasteiger charge is 2.12. The highest BCUT2D eigenvalue weighted by atomic mass is 35.5. The molecule has 110 valence electrons. The number of halogens is 1. The second kappa shape index (κ2) is 7.91. The third-order valence-corrected chi connectivity index (χ3v) is 4.61. The zero-order valence-corrected chi connectivity index (χ0v) is 13.4. The van der Waals surface area contributed by atoms with Crippen LogP contribution in [0.1, 0.15) is 29.6 Å². The largest absolute Gasteiger partial charge is 0.352 e. The lowest BCUT2D eigenvalue weighted by molar-refractivity contribution is 0.0952. The molecule has 1 fully saturated rings. The van der Waals surface area contributed by atoms with Gasteiger partial charge in [-0.15, -0.1) is 11.8 Å². The van der Waals surface area contributed by atoms with Crippen LogP contribution in [0.2, 0.25) is 5.02 Å². The maximum atomic E-state index is 12.1. The van der Waals surface area contributed by atoms with E-state index in [1.165, 1.54) is 25.9 Å².